The number of thioether (sulfide) groups is 1. The van der Waals surface area contributed by atoms with Crippen LogP contribution in [0.1, 0.15) is 39.7 Å². The second-order valence-electron chi connectivity index (χ2n) is 5.41. The predicted octanol–water partition coefficient (Wildman–Crippen LogP) is 3.50. The van der Waals surface area contributed by atoms with E-state index in [0.29, 0.717) is 11.0 Å². The lowest BCUT2D eigenvalue weighted by Gasteiger charge is -2.33. The van der Waals surface area contributed by atoms with Gasteiger partial charge in [-0.2, -0.15) is 11.8 Å². The second kappa shape index (κ2) is 7.70. The summed E-state index contributed by atoms with van der Waals surface area (Å²) in [6.45, 7) is 8.22. The molecule has 4 heteroatoms. The lowest BCUT2D eigenvalue weighted by atomic mass is 9.91. The quantitative estimate of drug-likeness (QED) is 0.770. The molecule has 112 valence electrons. The molecule has 2 atom stereocenters. The van der Waals surface area contributed by atoms with Crippen LogP contribution < -0.4 is 5.32 Å². The Bertz CT molecular complexity index is 422. The lowest BCUT2D eigenvalue weighted by molar-refractivity contribution is -0.144. The minimum absolute atomic E-state index is 0.101. The summed E-state index contributed by atoms with van der Waals surface area (Å²) in [7, 11) is 0. The molecule has 0 aromatic heterocycles. The maximum atomic E-state index is 12.0. The van der Waals surface area contributed by atoms with E-state index in [-0.39, 0.29) is 6.04 Å². The fourth-order valence-electron chi connectivity index (χ4n) is 2.06. The van der Waals surface area contributed by atoms with Crippen molar-refractivity contribution in [2.75, 3.05) is 5.75 Å². The number of carboxylic acid groups (broad SMARTS) is 1. The van der Waals surface area contributed by atoms with Crippen LogP contribution in [0, 0.1) is 0 Å². The molecule has 0 spiro atoms. The molecule has 2 N–H and O–H groups in total. The van der Waals surface area contributed by atoms with Crippen LogP contribution in [0.2, 0.25) is 0 Å². The van der Waals surface area contributed by atoms with Gasteiger partial charge < -0.3 is 5.11 Å². The topological polar surface area (TPSA) is 49.3 Å². The summed E-state index contributed by atoms with van der Waals surface area (Å²) < 4.78 is 0. The molecule has 0 aliphatic carbocycles. The third kappa shape index (κ3) is 4.25. The van der Waals surface area contributed by atoms with Crippen LogP contribution in [0.4, 0.5) is 0 Å². The standard InChI is InChI=1S/C16H25NO2S/c1-5-13(4)20-11-16(15(18)19,17-12(2)3)14-9-7-6-8-10-14/h6-10,12-13,17H,5,11H2,1-4H3,(H,18,19). The fraction of sp³-hybridized carbons (Fsp3) is 0.562. The van der Waals surface area contributed by atoms with Crippen molar-refractivity contribution in [3.8, 4) is 0 Å². The lowest BCUT2D eigenvalue weighted by Crippen LogP contribution is -2.54. The molecular formula is C16H25NO2S. The highest BCUT2D eigenvalue weighted by Crippen LogP contribution is 2.29. The normalized spacial score (nSPS) is 15.8. The first-order valence-corrected chi connectivity index (χ1v) is 8.15. The summed E-state index contributed by atoms with van der Waals surface area (Å²) in [6.07, 6.45) is 1.04. The first kappa shape index (κ1) is 17.1. The smallest absolute Gasteiger partial charge is 0.329 e. The van der Waals surface area contributed by atoms with E-state index in [9.17, 15) is 9.90 Å². The molecule has 1 rings (SSSR count). The van der Waals surface area contributed by atoms with Gasteiger partial charge in [-0.05, 0) is 25.8 Å². The molecule has 20 heavy (non-hydrogen) atoms. The highest BCUT2D eigenvalue weighted by Gasteiger charge is 2.40. The minimum atomic E-state index is -1.02. The summed E-state index contributed by atoms with van der Waals surface area (Å²) in [5.74, 6) is -0.285. The van der Waals surface area contributed by atoms with Gasteiger partial charge in [0.25, 0.3) is 0 Å². The highest BCUT2D eigenvalue weighted by molar-refractivity contribution is 7.99. The van der Waals surface area contributed by atoms with E-state index in [0.717, 1.165) is 12.0 Å². The van der Waals surface area contributed by atoms with Crippen molar-refractivity contribution in [3.05, 3.63) is 35.9 Å². The molecule has 0 saturated heterocycles. The molecule has 0 fully saturated rings. The van der Waals surface area contributed by atoms with Gasteiger partial charge in [0.1, 0.15) is 0 Å². The number of hydrogen-bond acceptors (Lipinski definition) is 3. The average molecular weight is 295 g/mol. The molecule has 0 aliphatic rings. The van der Waals surface area contributed by atoms with Crippen molar-refractivity contribution in [1.82, 2.24) is 5.32 Å². The van der Waals surface area contributed by atoms with Gasteiger partial charge in [0.05, 0.1) is 0 Å². The van der Waals surface area contributed by atoms with E-state index < -0.39 is 11.5 Å². The largest absolute Gasteiger partial charge is 0.480 e. The van der Waals surface area contributed by atoms with Crippen LogP contribution in [0.25, 0.3) is 0 Å². The first-order chi connectivity index (χ1) is 9.42. The molecule has 0 amide bonds. The summed E-state index contributed by atoms with van der Waals surface area (Å²) in [5, 5.41) is 13.6. The Morgan fingerprint density at radius 2 is 1.90 bits per heavy atom. The van der Waals surface area contributed by atoms with Gasteiger partial charge in [-0.15, -0.1) is 0 Å². The van der Waals surface area contributed by atoms with E-state index in [1.165, 1.54) is 0 Å². The van der Waals surface area contributed by atoms with Crippen molar-refractivity contribution in [2.45, 2.75) is 50.9 Å². The molecule has 0 radical (unpaired) electrons. The number of carboxylic acids is 1. The van der Waals surface area contributed by atoms with Gasteiger partial charge in [0.15, 0.2) is 5.54 Å². The minimum Gasteiger partial charge on any atom is -0.480 e. The average Bonchev–Trinajstić information content (AvgIpc) is 2.43. The van der Waals surface area contributed by atoms with Crippen LogP contribution in [-0.2, 0) is 10.3 Å². The second-order valence-corrected chi connectivity index (χ2v) is 6.83. The predicted molar refractivity (Wildman–Crippen MR) is 86.2 cm³/mol. The molecule has 0 heterocycles. The number of nitrogens with one attached hydrogen (secondary N) is 1. The third-order valence-electron chi connectivity index (χ3n) is 3.33. The van der Waals surface area contributed by atoms with E-state index in [1.807, 2.05) is 44.2 Å². The van der Waals surface area contributed by atoms with Crippen LogP contribution >= 0.6 is 11.8 Å². The summed E-state index contributed by atoms with van der Waals surface area (Å²) in [5.41, 5.74) is -0.208. The van der Waals surface area contributed by atoms with E-state index in [4.69, 9.17) is 0 Å². The van der Waals surface area contributed by atoms with Gasteiger partial charge >= 0.3 is 5.97 Å². The Kier molecular flexibility index (Phi) is 6.56. The van der Waals surface area contributed by atoms with Crippen LogP contribution in [-0.4, -0.2) is 28.1 Å². The summed E-state index contributed by atoms with van der Waals surface area (Å²) in [6, 6.07) is 9.57. The van der Waals surface area contributed by atoms with Crippen LogP contribution in [0.5, 0.6) is 0 Å². The molecule has 3 nitrogen and oxygen atoms in total. The third-order valence-corrected chi connectivity index (χ3v) is 4.83. The molecule has 1 aromatic carbocycles. The zero-order valence-electron chi connectivity index (χ0n) is 12.7. The Hall–Kier alpha value is -1.00. The van der Waals surface area contributed by atoms with Crippen molar-refractivity contribution in [1.29, 1.82) is 0 Å². The monoisotopic (exact) mass is 295 g/mol. The van der Waals surface area contributed by atoms with Crippen LogP contribution in [0.15, 0.2) is 30.3 Å². The van der Waals surface area contributed by atoms with Crippen molar-refractivity contribution >= 4 is 17.7 Å². The molecular weight excluding hydrogens is 270 g/mol. The maximum Gasteiger partial charge on any atom is 0.329 e. The van der Waals surface area contributed by atoms with Gasteiger partial charge in [0, 0.05) is 17.0 Å². The first-order valence-electron chi connectivity index (χ1n) is 7.10. The molecule has 1 aromatic rings. The number of rotatable bonds is 8. The van der Waals surface area contributed by atoms with Crippen LogP contribution in [0.3, 0.4) is 0 Å². The molecule has 0 saturated carbocycles. The fourth-order valence-corrected chi connectivity index (χ4v) is 3.20. The van der Waals surface area contributed by atoms with E-state index >= 15 is 0 Å². The molecule has 0 aliphatic heterocycles. The van der Waals surface area contributed by atoms with Crippen molar-refractivity contribution in [2.24, 2.45) is 0 Å². The van der Waals surface area contributed by atoms with Gasteiger partial charge in [-0.1, -0.05) is 44.2 Å². The number of aliphatic carboxylic acids is 1. The zero-order valence-corrected chi connectivity index (χ0v) is 13.5. The van der Waals surface area contributed by atoms with E-state index in [2.05, 4.69) is 19.2 Å². The zero-order chi connectivity index (χ0) is 15.2. The van der Waals surface area contributed by atoms with Crippen molar-refractivity contribution in [3.63, 3.8) is 0 Å². The van der Waals surface area contributed by atoms with Gasteiger partial charge in [-0.3, -0.25) is 5.32 Å². The van der Waals surface area contributed by atoms with Gasteiger partial charge in [-0.25, -0.2) is 4.79 Å². The molecule has 2 unspecified atom stereocenters. The van der Waals surface area contributed by atoms with Crippen molar-refractivity contribution < 1.29 is 9.90 Å². The Morgan fingerprint density at radius 3 is 2.35 bits per heavy atom. The number of hydrogen-bond donors (Lipinski definition) is 2. The number of benzene rings is 1. The SMILES string of the molecule is CCC(C)SCC(NC(C)C)(C(=O)O)c1ccccc1. The van der Waals surface area contributed by atoms with E-state index in [1.54, 1.807) is 11.8 Å². The van der Waals surface area contributed by atoms with Gasteiger partial charge in [0.2, 0.25) is 0 Å². The highest BCUT2D eigenvalue weighted by atomic mass is 32.2. The number of carbonyl (C=O) groups is 1. The summed E-state index contributed by atoms with van der Waals surface area (Å²) >= 11 is 1.71. The maximum absolute atomic E-state index is 12.0. The summed E-state index contributed by atoms with van der Waals surface area (Å²) in [4.78, 5) is 12.0. The Balaban J connectivity index is 3.11. The Morgan fingerprint density at radius 1 is 1.30 bits per heavy atom. The Labute approximate surface area is 126 Å². The molecule has 0 bridgehead atoms.